The van der Waals surface area contributed by atoms with Crippen LogP contribution in [0.15, 0.2) is 30.3 Å². The maximum Gasteiger partial charge on any atom is 0.609 e. The lowest BCUT2D eigenvalue weighted by Crippen LogP contribution is -2.44. The second-order valence-corrected chi connectivity index (χ2v) is 5.34. The van der Waals surface area contributed by atoms with Crippen LogP contribution in [0.3, 0.4) is 0 Å². The number of likely N-dealkylation sites (N-methyl/N-ethyl adjacent to an activating group) is 1. The molecule has 0 radical (unpaired) electrons. The van der Waals surface area contributed by atoms with Crippen LogP contribution < -0.4 is 0 Å². The lowest BCUT2D eigenvalue weighted by molar-refractivity contribution is -0.145. The van der Waals surface area contributed by atoms with Gasteiger partial charge in [0.15, 0.2) is 0 Å². The quantitative estimate of drug-likeness (QED) is 0.589. The summed E-state index contributed by atoms with van der Waals surface area (Å²) in [5.74, 6) is -1.69. The minimum Gasteiger partial charge on any atom is -0.498 e. The Morgan fingerprint density at radius 1 is 1.18 bits per heavy atom. The Labute approximate surface area is 129 Å². The predicted octanol–water partition coefficient (Wildman–Crippen LogP) is 0.708. The highest BCUT2D eigenvalue weighted by atomic mass is 16.6. The summed E-state index contributed by atoms with van der Waals surface area (Å²) in [5.41, 5.74) is 1.07. The third-order valence-electron chi connectivity index (χ3n) is 3.43. The van der Waals surface area contributed by atoms with Gasteiger partial charge >= 0.3 is 19.1 Å². The van der Waals surface area contributed by atoms with E-state index in [1.165, 1.54) is 4.90 Å². The zero-order valence-corrected chi connectivity index (χ0v) is 12.4. The number of hydrogen-bond acceptors (Lipinski definition) is 6. The highest BCUT2D eigenvalue weighted by Gasteiger charge is 2.39. The molecule has 1 heterocycles. The van der Waals surface area contributed by atoms with Crippen molar-refractivity contribution >= 4 is 25.3 Å². The third-order valence-corrected chi connectivity index (χ3v) is 3.43. The molecule has 0 N–H and O–H groups in total. The maximum atomic E-state index is 11.7. The Hall–Kier alpha value is -2.15. The van der Waals surface area contributed by atoms with Gasteiger partial charge in [-0.25, -0.2) is 0 Å². The van der Waals surface area contributed by atoms with Gasteiger partial charge in [0.2, 0.25) is 0 Å². The fourth-order valence-electron chi connectivity index (χ4n) is 2.28. The summed E-state index contributed by atoms with van der Waals surface area (Å²) >= 11 is 0. The van der Waals surface area contributed by atoms with Crippen LogP contribution in [0, 0.1) is 0 Å². The molecule has 0 spiro atoms. The van der Waals surface area contributed by atoms with Gasteiger partial charge in [0.05, 0.1) is 18.9 Å². The lowest BCUT2D eigenvalue weighted by Gasteiger charge is -2.24. The van der Waals surface area contributed by atoms with E-state index in [0.717, 1.165) is 5.56 Å². The van der Waals surface area contributed by atoms with Gasteiger partial charge in [0, 0.05) is 0 Å². The van der Waals surface area contributed by atoms with Crippen molar-refractivity contribution in [3.8, 4) is 0 Å². The Balaban J connectivity index is 2.00. The Morgan fingerprint density at radius 3 is 2.32 bits per heavy atom. The van der Waals surface area contributed by atoms with Gasteiger partial charge in [0.1, 0.15) is 6.29 Å². The van der Waals surface area contributed by atoms with Gasteiger partial charge in [-0.15, -0.1) is 0 Å². The van der Waals surface area contributed by atoms with Crippen LogP contribution in [0.5, 0.6) is 0 Å². The molecular weight excluding hydrogens is 285 g/mol. The summed E-state index contributed by atoms with van der Waals surface area (Å²) in [7, 11) is 0.477. The first-order valence-corrected chi connectivity index (χ1v) is 7.15. The van der Waals surface area contributed by atoms with Crippen molar-refractivity contribution in [1.29, 1.82) is 0 Å². The van der Waals surface area contributed by atoms with Crippen LogP contribution in [0.2, 0.25) is 5.82 Å². The average molecular weight is 303 g/mol. The molecular formula is C15H18BNO5. The van der Waals surface area contributed by atoms with Crippen LogP contribution >= 0.6 is 0 Å². The molecule has 1 aliphatic heterocycles. The number of hydrogen-bond donors (Lipinski definition) is 0. The minimum atomic E-state index is -1.14. The van der Waals surface area contributed by atoms with E-state index < -0.39 is 24.9 Å². The first-order valence-electron chi connectivity index (χ1n) is 7.15. The molecule has 0 bridgehead atoms. The van der Waals surface area contributed by atoms with Crippen molar-refractivity contribution in [3.63, 3.8) is 0 Å². The van der Waals surface area contributed by atoms with Gasteiger partial charge in [-0.3, -0.25) is 14.5 Å². The van der Waals surface area contributed by atoms with E-state index in [1.54, 1.807) is 7.05 Å². The predicted molar refractivity (Wildman–Crippen MR) is 80.0 cm³/mol. The highest BCUT2D eigenvalue weighted by Crippen LogP contribution is 2.19. The first kappa shape index (κ1) is 16.2. The van der Waals surface area contributed by atoms with Gasteiger partial charge in [-0.05, 0) is 25.5 Å². The van der Waals surface area contributed by atoms with Gasteiger partial charge < -0.3 is 14.1 Å². The van der Waals surface area contributed by atoms with Crippen molar-refractivity contribution in [2.45, 2.75) is 18.7 Å². The fourth-order valence-corrected chi connectivity index (χ4v) is 2.28. The standard InChI is InChI=1S/C15H18BNO5/c1-17-9-14(19)21-16(22-15(20)10-17)13(11-18)8-7-12-5-3-2-4-6-12/h2-6,11,13H,7-10H2,1H3/t13-/m1/s1. The van der Waals surface area contributed by atoms with Crippen LogP contribution in [0.25, 0.3) is 0 Å². The number of carbonyl (C=O) groups is 3. The summed E-state index contributed by atoms with van der Waals surface area (Å²) in [4.78, 5) is 36.2. The molecule has 22 heavy (non-hydrogen) atoms. The summed E-state index contributed by atoms with van der Waals surface area (Å²) in [6.45, 7) is -0.00821. The van der Waals surface area contributed by atoms with E-state index in [9.17, 15) is 14.4 Å². The molecule has 0 aromatic heterocycles. The summed E-state index contributed by atoms with van der Waals surface area (Å²) < 4.78 is 10.2. The van der Waals surface area contributed by atoms with Crippen molar-refractivity contribution in [2.75, 3.05) is 20.1 Å². The van der Waals surface area contributed by atoms with Crippen molar-refractivity contribution in [2.24, 2.45) is 0 Å². The second kappa shape index (κ2) is 7.75. The first-order chi connectivity index (χ1) is 10.6. The summed E-state index contributed by atoms with van der Waals surface area (Å²) in [6, 6.07) is 9.64. The van der Waals surface area contributed by atoms with E-state index in [2.05, 4.69) is 0 Å². The molecule has 1 atom stereocenters. The summed E-state index contributed by atoms with van der Waals surface area (Å²) in [6.07, 6.45) is 1.75. The van der Waals surface area contributed by atoms with E-state index in [0.29, 0.717) is 19.1 Å². The molecule has 1 saturated heterocycles. The molecule has 2 rings (SSSR count). The maximum absolute atomic E-state index is 11.7. The number of carbonyl (C=O) groups excluding carboxylic acids is 3. The molecule has 6 nitrogen and oxygen atoms in total. The van der Waals surface area contributed by atoms with Crippen molar-refractivity contribution in [3.05, 3.63) is 35.9 Å². The molecule has 1 fully saturated rings. The van der Waals surface area contributed by atoms with Gasteiger partial charge in [-0.1, -0.05) is 30.3 Å². The number of benzene rings is 1. The monoisotopic (exact) mass is 303 g/mol. The molecule has 116 valence electrons. The number of nitrogens with zero attached hydrogens (tertiary/aromatic N) is 1. The van der Waals surface area contributed by atoms with E-state index in [4.69, 9.17) is 9.31 Å². The Bertz CT molecular complexity index is 516. The molecule has 0 aliphatic carbocycles. The molecule has 0 saturated carbocycles. The zero-order valence-electron chi connectivity index (χ0n) is 12.4. The smallest absolute Gasteiger partial charge is 0.498 e. The minimum absolute atomic E-state index is 0.00410. The average Bonchev–Trinajstić information content (AvgIpc) is 2.47. The topological polar surface area (TPSA) is 72.9 Å². The molecule has 7 heteroatoms. The van der Waals surface area contributed by atoms with E-state index >= 15 is 0 Å². The Morgan fingerprint density at radius 2 is 1.77 bits per heavy atom. The normalized spacial score (nSPS) is 18.0. The third kappa shape index (κ3) is 4.70. The second-order valence-electron chi connectivity index (χ2n) is 5.34. The highest BCUT2D eigenvalue weighted by molar-refractivity contribution is 6.54. The number of aryl methyl sites for hydroxylation is 1. The Kier molecular flexibility index (Phi) is 5.71. The van der Waals surface area contributed by atoms with E-state index in [1.807, 2.05) is 30.3 Å². The summed E-state index contributed by atoms with van der Waals surface area (Å²) in [5, 5.41) is 0. The van der Waals surface area contributed by atoms with Gasteiger partial charge in [0.25, 0.3) is 0 Å². The zero-order chi connectivity index (χ0) is 15.9. The van der Waals surface area contributed by atoms with E-state index in [-0.39, 0.29) is 13.1 Å². The van der Waals surface area contributed by atoms with Crippen LogP contribution in [0.4, 0.5) is 0 Å². The largest absolute Gasteiger partial charge is 0.609 e. The number of aldehydes is 1. The van der Waals surface area contributed by atoms with Crippen molar-refractivity contribution in [1.82, 2.24) is 4.90 Å². The molecule has 1 aromatic rings. The van der Waals surface area contributed by atoms with Crippen LogP contribution in [-0.4, -0.2) is 50.4 Å². The van der Waals surface area contributed by atoms with Crippen molar-refractivity contribution < 1.29 is 23.7 Å². The van der Waals surface area contributed by atoms with Gasteiger partial charge in [-0.2, -0.15) is 0 Å². The van der Waals surface area contributed by atoms with Crippen LogP contribution in [0.1, 0.15) is 12.0 Å². The SMILES string of the molecule is CN1CC(=O)OB([C@@H](C=O)CCc2ccccc2)OC(=O)C1. The fraction of sp³-hybridized carbons (Fsp3) is 0.400. The molecule has 0 unspecified atom stereocenters. The molecule has 0 amide bonds. The lowest BCUT2D eigenvalue weighted by atomic mass is 9.69. The molecule has 1 aliphatic rings. The molecule has 1 aromatic carbocycles. The number of rotatable bonds is 5. The van der Waals surface area contributed by atoms with Crippen LogP contribution in [-0.2, 0) is 30.1 Å².